The van der Waals surface area contributed by atoms with Gasteiger partial charge in [0.15, 0.2) is 0 Å². The average molecular weight is 464 g/mol. The zero-order chi connectivity index (χ0) is 24.5. The normalized spacial score (nSPS) is 12.0. The van der Waals surface area contributed by atoms with E-state index in [0.29, 0.717) is 6.54 Å². The van der Waals surface area contributed by atoms with Gasteiger partial charge in [0.25, 0.3) is 0 Å². The van der Waals surface area contributed by atoms with Crippen molar-refractivity contribution in [2.24, 2.45) is 0 Å². The molecular weight excluding hydrogens is 436 g/mol. The molecule has 0 atom stereocenters. The molecule has 0 spiro atoms. The number of amides is 1. The maximum Gasteiger partial charge on any atom is 0.387 e. The molecule has 32 heavy (non-hydrogen) atoms. The van der Waals surface area contributed by atoms with Crippen molar-refractivity contribution in [1.29, 1.82) is 0 Å². The molecule has 11 heteroatoms. The van der Waals surface area contributed by atoms with Crippen LogP contribution in [0.3, 0.4) is 0 Å². The first-order valence-corrected chi connectivity index (χ1v) is 9.64. The minimum Gasteiger partial charge on any atom is -0.459 e. The van der Waals surface area contributed by atoms with Gasteiger partial charge in [-0.1, -0.05) is 0 Å². The highest BCUT2D eigenvalue weighted by Gasteiger charge is 2.21. The molecule has 0 aliphatic heterocycles. The van der Waals surface area contributed by atoms with E-state index in [4.69, 9.17) is 4.74 Å². The van der Waals surface area contributed by atoms with Gasteiger partial charge < -0.3 is 24.0 Å². The van der Waals surface area contributed by atoms with Gasteiger partial charge in [0.2, 0.25) is 5.91 Å². The smallest absolute Gasteiger partial charge is 0.387 e. The topological polar surface area (TPSA) is 68.3 Å². The van der Waals surface area contributed by atoms with Crippen molar-refractivity contribution in [3.8, 4) is 11.5 Å². The van der Waals surface area contributed by atoms with Gasteiger partial charge in [-0.3, -0.25) is 9.59 Å². The number of carbonyl (C=O) groups excluding carboxylic acids is 2. The standard InChI is InChI=1S/C21H28F4N2O5/c1-21(2,3)32-18(29)13-27(11-10-26(4)5)17(28)9-7-14-6-8-15(30-19(22)23)12-16(14)31-20(24)25/h6-9,12,19-20H,10-11,13H2,1-5H3/b9-7+. The Labute approximate surface area is 184 Å². The Morgan fingerprint density at radius 1 is 1.03 bits per heavy atom. The second kappa shape index (κ2) is 12.3. The first kappa shape index (κ1) is 27.2. The summed E-state index contributed by atoms with van der Waals surface area (Å²) in [5.41, 5.74) is -0.697. The first-order chi connectivity index (χ1) is 14.8. The van der Waals surface area contributed by atoms with Gasteiger partial charge >= 0.3 is 19.2 Å². The van der Waals surface area contributed by atoms with Crippen LogP contribution in [-0.2, 0) is 14.3 Å². The van der Waals surface area contributed by atoms with Gasteiger partial charge in [0.1, 0.15) is 23.6 Å². The number of esters is 1. The quantitative estimate of drug-likeness (QED) is 0.283. The van der Waals surface area contributed by atoms with Crippen LogP contribution >= 0.6 is 0 Å². The summed E-state index contributed by atoms with van der Waals surface area (Å²) in [5.74, 6) is -2.01. The van der Waals surface area contributed by atoms with Crippen LogP contribution in [0.2, 0.25) is 0 Å². The number of alkyl halides is 4. The molecule has 0 aromatic heterocycles. The molecule has 0 aliphatic rings. The maximum absolute atomic E-state index is 12.7. The van der Waals surface area contributed by atoms with Crippen molar-refractivity contribution in [3.63, 3.8) is 0 Å². The van der Waals surface area contributed by atoms with Crippen LogP contribution < -0.4 is 9.47 Å². The van der Waals surface area contributed by atoms with E-state index in [1.165, 1.54) is 17.0 Å². The molecule has 0 radical (unpaired) electrons. The second-order valence-corrected chi connectivity index (χ2v) is 7.94. The molecule has 1 amide bonds. The van der Waals surface area contributed by atoms with E-state index in [1.807, 2.05) is 4.90 Å². The van der Waals surface area contributed by atoms with Crippen LogP contribution in [0.4, 0.5) is 17.6 Å². The molecule has 0 fully saturated rings. The van der Waals surface area contributed by atoms with E-state index < -0.39 is 36.5 Å². The highest BCUT2D eigenvalue weighted by Crippen LogP contribution is 2.28. The van der Waals surface area contributed by atoms with Crippen molar-refractivity contribution in [2.75, 3.05) is 33.7 Å². The highest BCUT2D eigenvalue weighted by atomic mass is 19.3. The summed E-state index contributed by atoms with van der Waals surface area (Å²) in [5, 5.41) is 0. The maximum atomic E-state index is 12.7. The first-order valence-electron chi connectivity index (χ1n) is 9.64. The summed E-state index contributed by atoms with van der Waals surface area (Å²) in [6.07, 6.45) is 2.26. The van der Waals surface area contributed by atoms with Crippen molar-refractivity contribution < 1.29 is 41.4 Å². The van der Waals surface area contributed by atoms with Gasteiger partial charge in [0, 0.05) is 30.8 Å². The summed E-state index contributed by atoms with van der Waals surface area (Å²) < 4.78 is 63.9. The number of benzene rings is 1. The minimum atomic E-state index is -3.22. The lowest BCUT2D eigenvalue weighted by Gasteiger charge is -2.25. The van der Waals surface area contributed by atoms with Crippen LogP contribution in [0, 0.1) is 0 Å². The van der Waals surface area contributed by atoms with E-state index in [9.17, 15) is 27.2 Å². The molecule has 1 rings (SSSR count). The Balaban J connectivity index is 3.06. The average Bonchev–Trinajstić information content (AvgIpc) is 2.61. The fourth-order valence-corrected chi connectivity index (χ4v) is 2.41. The van der Waals surface area contributed by atoms with Crippen LogP contribution in [0.1, 0.15) is 26.3 Å². The predicted octanol–water partition coefficient (Wildman–Crippen LogP) is 3.63. The van der Waals surface area contributed by atoms with Crippen LogP contribution in [-0.4, -0.2) is 74.2 Å². The molecule has 0 bridgehead atoms. The summed E-state index contributed by atoms with van der Waals surface area (Å²) in [7, 11) is 3.59. The monoisotopic (exact) mass is 464 g/mol. The molecular formula is C21H28F4N2O5. The zero-order valence-corrected chi connectivity index (χ0v) is 18.6. The summed E-state index contributed by atoms with van der Waals surface area (Å²) in [4.78, 5) is 27.9. The molecule has 180 valence electrons. The summed E-state index contributed by atoms with van der Waals surface area (Å²) in [6.45, 7) is -0.915. The third-order valence-corrected chi connectivity index (χ3v) is 3.70. The fraction of sp³-hybridized carbons (Fsp3) is 0.524. The number of nitrogens with zero attached hydrogens (tertiary/aromatic N) is 2. The van der Waals surface area contributed by atoms with E-state index in [2.05, 4.69) is 9.47 Å². The fourth-order valence-electron chi connectivity index (χ4n) is 2.41. The van der Waals surface area contributed by atoms with Gasteiger partial charge in [-0.15, -0.1) is 0 Å². The number of carbonyl (C=O) groups is 2. The summed E-state index contributed by atoms with van der Waals surface area (Å²) in [6, 6.07) is 3.18. The van der Waals surface area contributed by atoms with E-state index in [-0.39, 0.29) is 24.4 Å². The van der Waals surface area contributed by atoms with Crippen LogP contribution in [0.15, 0.2) is 24.3 Å². The van der Waals surface area contributed by atoms with Crippen molar-refractivity contribution in [3.05, 3.63) is 29.8 Å². The Hall–Kier alpha value is -2.82. The molecule has 1 aromatic carbocycles. The lowest BCUT2D eigenvalue weighted by atomic mass is 10.1. The van der Waals surface area contributed by atoms with Gasteiger partial charge in [-0.05, 0) is 53.1 Å². The number of rotatable bonds is 11. The van der Waals surface area contributed by atoms with E-state index in [1.54, 1.807) is 34.9 Å². The molecule has 0 N–H and O–H groups in total. The number of hydrogen-bond donors (Lipinski definition) is 0. The van der Waals surface area contributed by atoms with Gasteiger partial charge in [0.05, 0.1) is 0 Å². The summed E-state index contributed by atoms with van der Waals surface area (Å²) >= 11 is 0. The lowest BCUT2D eigenvalue weighted by Crippen LogP contribution is -2.41. The molecule has 0 heterocycles. The minimum absolute atomic E-state index is 0.0325. The van der Waals surface area contributed by atoms with E-state index in [0.717, 1.165) is 18.2 Å². The molecule has 0 unspecified atom stereocenters. The van der Waals surface area contributed by atoms with Gasteiger partial charge in [-0.2, -0.15) is 17.6 Å². The Bertz CT molecular complexity index is 795. The van der Waals surface area contributed by atoms with Crippen molar-refractivity contribution >= 4 is 18.0 Å². The van der Waals surface area contributed by atoms with Crippen molar-refractivity contribution in [1.82, 2.24) is 9.80 Å². The van der Waals surface area contributed by atoms with E-state index >= 15 is 0 Å². The van der Waals surface area contributed by atoms with Crippen molar-refractivity contribution in [2.45, 2.75) is 39.6 Å². The molecule has 1 aromatic rings. The number of halogens is 4. The third kappa shape index (κ3) is 11.0. The Morgan fingerprint density at radius 2 is 1.66 bits per heavy atom. The van der Waals surface area contributed by atoms with Gasteiger partial charge in [-0.25, -0.2) is 0 Å². The number of hydrogen-bond acceptors (Lipinski definition) is 6. The highest BCUT2D eigenvalue weighted by molar-refractivity contribution is 5.94. The lowest BCUT2D eigenvalue weighted by molar-refractivity contribution is -0.158. The molecule has 0 aliphatic carbocycles. The Morgan fingerprint density at radius 3 is 2.19 bits per heavy atom. The third-order valence-electron chi connectivity index (χ3n) is 3.70. The molecule has 0 saturated carbocycles. The predicted molar refractivity (Wildman–Crippen MR) is 110 cm³/mol. The van der Waals surface area contributed by atoms with Crippen LogP contribution in [0.5, 0.6) is 11.5 Å². The molecule has 0 saturated heterocycles. The number of ether oxygens (including phenoxy) is 3. The molecule has 7 nitrogen and oxygen atoms in total. The Kier molecular flexibility index (Phi) is 10.4. The van der Waals surface area contributed by atoms with Crippen LogP contribution in [0.25, 0.3) is 6.08 Å². The largest absolute Gasteiger partial charge is 0.459 e. The SMILES string of the molecule is CN(C)CCN(CC(=O)OC(C)(C)C)C(=O)/C=C/c1ccc(OC(F)F)cc1OC(F)F. The number of likely N-dealkylation sites (N-methyl/N-ethyl adjacent to an activating group) is 1. The zero-order valence-electron chi connectivity index (χ0n) is 18.6. The second-order valence-electron chi connectivity index (χ2n) is 7.94.